The van der Waals surface area contributed by atoms with E-state index in [1.807, 2.05) is 29.3 Å². The maximum absolute atomic E-state index is 13.2. The van der Waals surface area contributed by atoms with Crippen LogP contribution in [0.1, 0.15) is 22.6 Å². The lowest BCUT2D eigenvalue weighted by Gasteiger charge is -2.28. The molecule has 0 saturated carbocycles. The zero-order valence-electron chi connectivity index (χ0n) is 17.6. The van der Waals surface area contributed by atoms with Crippen molar-refractivity contribution in [2.75, 3.05) is 32.6 Å². The van der Waals surface area contributed by atoms with E-state index >= 15 is 0 Å². The fourth-order valence-corrected chi connectivity index (χ4v) is 5.04. The molecule has 1 atom stereocenters. The highest BCUT2D eigenvalue weighted by Gasteiger charge is 2.45. The molecule has 2 amide bonds. The van der Waals surface area contributed by atoms with Crippen LogP contribution in [0.25, 0.3) is 0 Å². The number of urea groups is 1. The van der Waals surface area contributed by atoms with Gasteiger partial charge in [0, 0.05) is 35.8 Å². The molecule has 1 aliphatic heterocycles. The summed E-state index contributed by atoms with van der Waals surface area (Å²) in [5.41, 5.74) is 2.28. The van der Waals surface area contributed by atoms with Crippen molar-refractivity contribution in [3.05, 3.63) is 69.1 Å². The minimum absolute atomic E-state index is 0.191. The van der Waals surface area contributed by atoms with Crippen molar-refractivity contribution in [1.29, 1.82) is 0 Å². The molecule has 0 spiro atoms. The topological polar surface area (TPSA) is 63.7 Å². The molecule has 3 aromatic rings. The maximum atomic E-state index is 13.2. The summed E-state index contributed by atoms with van der Waals surface area (Å²) < 4.78 is 10.7. The first-order valence-electron chi connectivity index (χ1n) is 9.91. The van der Waals surface area contributed by atoms with Crippen LogP contribution < -0.4 is 14.8 Å². The predicted octanol–water partition coefficient (Wildman–Crippen LogP) is 5.35. The van der Waals surface area contributed by atoms with Gasteiger partial charge in [0.2, 0.25) is 0 Å². The average Bonchev–Trinajstić information content (AvgIpc) is 3.46. The van der Waals surface area contributed by atoms with Gasteiger partial charge in [-0.25, -0.2) is 9.78 Å². The van der Waals surface area contributed by atoms with Crippen LogP contribution in [0, 0.1) is 6.92 Å². The summed E-state index contributed by atoms with van der Waals surface area (Å²) >= 11 is 8.05. The molecule has 0 unspecified atom stereocenters. The lowest BCUT2D eigenvalue weighted by Crippen LogP contribution is -2.37. The van der Waals surface area contributed by atoms with Crippen LogP contribution in [0.5, 0.6) is 11.5 Å². The summed E-state index contributed by atoms with van der Waals surface area (Å²) in [5, 5.41) is 6.65. The molecule has 1 aromatic heterocycles. The van der Waals surface area contributed by atoms with Gasteiger partial charge in [0.05, 0.1) is 25.3 Å². The number of aryl methyl sites for hydroxylation is 1. The highest BCUT2D eigenvalue weighted by atomic mass is 35.5. The second-order valence-electron chi connectivity index (χ2n) is 7.55. The Morgan fingerprint density at radius 2 is 2.06 bits per heavy atom. The van der Waals surface area contributed by atoms with E-state index in [0.717, 1.165) is 27.6 Å². The van der Waals surface area contributed by atoms with E-state index in [9.17, 15) is 4.79 Å². The molecule has 162 valence electrons. The zero-order chi connectivity index (χ0) is 22.0. The predicted molar refractivity (Wildman–Crippen MR) is 124 cm³/mol. The van der Waals surface area contributed by atoms with Crippen LogP contribution in [0.3, 0.4) is 0 Å². The van der Waals surface area contributed by atoms with E-state index in [2.05, 4.69) is 16.4 Å². The molecule has 0 radical (unpaired) electrons. The monoisotopic (exact) mass is 457 g/mol. The third kappa shape index (κ3) is 4.07. The number of carbonyl (C=O) groups excluding carboxylic acids is 1. The van der Waals surface area contributed by atoms with Gasteiger partial charge in [0.15, 0.2) is 0 Å². The molecule has 4 rings (SSSR count). The molecule has 8 heteroatoms. The molecule has 2 aromatic carbocycles. The van der Waals surface area contributed by atoms with Crippen LogP contribution in [0.15, 0.2) is 48.0 Å². The van der Waals surface area contributed by atoms with Crippen LogP contribution >= 0.6 is 22.9 Å². The van der Waals surface area contributed by atoms with Crippen molar-refractivity contribution >= 4 is 34.7 Å². The Morgan fingerprint density at radius 3 is 2.74 bits per heavy atom. The quantitative estimate of drug-likeness (QED) is 0.561. The van der Waals surface area contributed by atoms with E-state index in [1.54, 1.807) is 50.0 Å². The third-order valence-electron chi connectivity index (χ3n) is 5.77. The SMILES string of the molecule is COc1ccc(OC)c(NC(=O)N2CC[C@@](c3ccc(C)c(Cl)c3)(c3nccs3)C2)c1. The first kappa shape index (κ1) is 21.5. The number of anilines is 1. The summed E-state index contributed by atoms with van der Waals surface area (Å²) in [5.74, 6) is 1.22. The van der Waals surface area contributed by atoms with Crippen LogP contribution in [-0.4, -0.2) is 43.2 Å². The van der Waals surface area contributed by atoms with Crippen molar-refractivity contribution in [3.63, 3.8) is 0 Å². The normalized spacial score (nSPS) is 18.1. The molecular formula is C23H24ClN3O3S. The Morgan fingerprint density at radius 1 is 1.23 bits per heavy atom. The Balaban J connectivity index is 1.62. The number of benzene rings is 2. The van der Waals surface area contributed by atoms with Crippen molar-refractivity contribution in [1.82, 2.24) is 9.88 Å². The first-order valence-corrected chi connectivity index (χ1v) is 11.2. The smallest absolute Gasteiger partial charge is 0.321 e. The van der Waals surface area contributed by atoms with E-state index in [0.29, 0.717) is 30.3 Å². The number of ether oxygens (including phenoxy) is 2. The van der Waals surface area contributed by atoms with E-state index in [-0.39, 0.29) is 11.4 Å². The van der Waals surface area contributed by atoms with E-state index in [4.69, 9.17) is 21.1 Å². The number of hydrogen-bond donors (Lipinski definition) is 1. The number of likely N-dealkylation sites (tertiary alicyclic amines) is 1. The number of thiazole rings is 1. The van der Waals surface area contributed by atoms with Gasteiger partial charge in [-0.2, -0.15) is 0 Å². The van der Waals surface area contributed by atoms with Gasteiger partial charge in [-0.15, -0.1) is 11.3 Å². The minimum atomic E-state index is -0.388. The summed E-state index contributed by atoms with van der Waals surface area (Å²) in [6.45, 7) is 3.10. The fraction of sp³-hybridized carbons (Fsp3) is 0.304. The van der Waals surface area contributed by atoms with Crippen molar-refractivity contribution in [2.24, 2.45) is 0 Å². The molecule has 0 bridgehead atoms. The van der Waals surface area contributed by atoms with Crippen molar-refractivity contribution in [3.8, 4) is 11.5 Å². The molecule has 0 aliphatic carbocycles. The van der Waals surface area contributed by atoms with Gasteiger partial charge in [0.1, 0.15) is 16.5 Å². The van der Waals surface area contributed by atoms with Crippen LogP contribution in [0.2, 0.25) is 5.02 Å². The Kier molecular flexibility index (Phi) is 6.07. The number of hydrogen-bond acceptors (Lipinski definition) is 5. The summed E-state index contributed by atoms with van der Waals surface area (Å²) in [7, 11) is 3.16. The van der Waals surface area contributed by atoms with Gasteiger partial charge in [-0.1, -0.05) is 23.7 Å². The lowest BCUT2D eigenvalue weighted by atomic mass is 9.80. The Labute approximate surface area is 190 Å². The lowest BCUT2D eigenvalue weighted by molar-refractivity contribution is 0.220. The van der Waals surface area contributed by atoms with Crippen LogP contribution in [-0.2, 0) is 5.41 Å². The minimum Gasteiger partial charge on any atom is -0.497 e. The van der Waals surface area contributed by atoms with E-state index in [1.165, 1.54) is 0 Å². The highest BCUT2D eigenvalue weighted by Crippen LogP contribution is 2.43. The number of amides is 2. The summed E-state index contributed by atoms with van der Waals surface area (Å²) in [6.07, 6.45) is 2.57. The molecule has 1 saturated heterocycles. The first-order chi connectivity index (χ1) is 15.0. The number of rotatable bonds is 5. The van der Waals surface area contributed by atoms with Gasteiger partial charge in [-0.05, 0) is 42.7 Å². The number of methoxy groups -OCH3 is 2. The zero-order valence-corrected chi connectivity index (χ0v) is 19.2. The van der Waals surface area contributed by atoms with Gasteiger partial charge in [0.25, 0.3) is 0 Å². The molecule has 6 nitrogen and oxygen atoms in total. The number of nitrogens with zero attached hydrogens (tertiary/aromatic N) is 2. The second-order valence-corrected chi connectivity index (χ2v) is 8.85. The second kappa shape index (κ2) is 8.77. The molecule has 1 N–H and O–H groups in total. The number of carbonyl (C=O) groups is 1. The largest absolute Gasteiger partial charge is 0.497 e. The standard InChI is InChI=1S/C23H24ClN3O3S/c1-15-4-5-16(12-18(15)24)23(21-25-9-11-31-21)8-10-27(14-23)22(28)26-19-13-17(29-2)6-7-20(19)30-3/h4-7,9,11-13H,8,10,14H2,1-3H3,(H,26,28)/t23-/m1/s1. The van der Waals surface area contributed by atoms with E-state index < -0.39 is 0 Å². The number of halogens is 1. The highest BCUT2D eigenvalue weighted by molar-refractivity contribution is 7.09. The molecule has 2 heterocycles. The molecular weight excluding hydrogens is 434 g/mol. The third-order valence-corrected chi connectivity index (χ3v) is 7.16. The van der Waals surface area contributed by atoms with Crippen LogP contribution in [0.4, 0.5) is 10.5 Å². The number of aromatic nitrogens is 1. The molecule has 31 heavy (non-hydrogen) atoms. The number of nitrogens with one attached hydrogen (secondary N) is 1. The Hall–Kier alpha value is -2.77. The summed E-state index contributed by atoms with van der Waals surface area (Å²) in [6, 6.07) is 11.2. The van der Waals surface area contributed by atoms with Gasteiger partial charge in [-0.3, -0.25) is 0 Å². The van der Waals surface area contributed by atoms with Crippen molar-refractivity contribution in [2.45, 2.75) is 18.8 Å². The average molecular weight is 458 g/mol. The Bertz CT molecular complexity index is 1090. The van der Waals surface area contributed by atoms with Gasteiger partial charge < -0.3 is 19.7 Å². The van der Waals surface area contributed by atoms with Gasteiger partial charge >= 0.3 is 6.03 Å². The molecule has 1 fully saturated rings. The molecule has 1 aliphatic rings. The fourth-order valence-electron chi connectivity index (χ4n) is 3.97. The maximum Gasteiger partial charge on any atom is 0.321 e. The summed E-state index contributed by atoms with van der Waals surface area (Å²) in [4.78, 5) is 19.6. The van der Waals surface area contributed by atoms with Crippen molar-refractivity contribution < 1.29 is 14.3 Å².